The minimum absolute atomic E-state index is 0.0563. The number of hydrogen-bond acceptors (Lipinski definition) is 10. The second-order valence-corrected chi connectivity index (χ2v) is 9.21. The van der Waals surface area contributed by atoms with Gasteiger partial charge in [0, 0.05) is 28.6 Å². The predicted octanol–water partition coefficient (Wildman–Crippen LogP) is 2.05. The number of thioether (sulfide) groups is 1. The average Bonchev–Trinajstić information content (AvgIpc) is 3.13. The summed E-state index contributed by atoms with van der Waals surface area (Å²) in [6.45, 7) is 5.53. The van der Waals surface area contributed by atoms with E-state index >= 15 is 0 Å². The molecule has 5 atom stereocenters. The number of ether oxygens (including phenoxy) is 4. The summed E-state index contributed by atoms with van der Waals surface area (Å²) < 4.78 is 22.7. The molecule has 0 spiro atoms. The number of aliphatic hydroxyl groups excluding tert-OH is 3. The predicted molar refractivity (Wildman–Crippen MR) is 124 cm³/mol. The van der Waals surface area contributed by atoms with E-state index in [2.05, 4.69) is 9.84 Å². The maximum Gasteiger partial charge on any atom is 0.508 e. The molecule has 3 rings (SSSR count). The van der Waals surface area contributed by atoms with Gasteiger partial charge in [-0.1, -0.05) is 12.1 Å². The number of aromatic nitrogens is 2. The molecule has 1 aromatic heterocycles. The van der Waals surface area contributed by atoms with Crippen LogP contribution in [0.15, 0.2) is 29.2 Å². The first-order chi connectivity index (χ1) is 16.2. The molecule has 1 fully saturated rings. The van der Waals surface area contributed by atoms with E-state index in [4.69, 9.17) is 14.2 Å². The average molecular weight is 497 g/mol. The molecule has 0 unspecified atom stereocenters. The highest BCUT2D eigenvalue weighted by molar-refractivity contribution is 7.98. The number of carbonyl (C=O) groups excluding carboxylic acids is 1. The molecule has 0 bridgehead atoms. The van der Waals surface area contributed by atoms with Crippen molar-refractivity contribution in [1.29, 1.82) is 0 Å². The number of hydrogen-bond donors (Lipinski definition) is 3. The third kappa shape index (κ3) is 5.84. The molecule has 0 amide bonds. The van der Waals surface area contributed by atoms with Crippen molar-refractivity contribution in [3.8, 4) is 5.88 Å². The standard InChI is InChI=1S/C23H32N2O8S/c1-12(2)25-13(3)16(10-14-6-8-15(34-5)9-7-14)21(24-25)33-22-20(28)19(27)18(26)17(32-22)11-31-23(29)30-4/h6-9,12,17-20,22,26-28H,10-11H2,1-5H3/t17-,18-,19+,20-,22+/m1/s1. The van der Waals surface area contributed by atoms with Gasteiger partial charge in [0.25, 0.3) is 0 Å². The molecule has 3 N–H and O–H groups in total. The molecule has 10 nitrogen and oxygen atoms in total. The molecule has 0 saturated carbocycles. The third-order valence-electron chi connectivity index (χ3n) is 5.69. The number of aliphatic hydroxyl groups is 3. The summed E-state index contributed by atoms with van der Waals surface area (Å²) in [5, 5.41) is 35.7. The molecule has 11 heteroatoms. The summed E-state index contributed by atoms with van der Waals surface area (Å²) in [4.78, 5) is 12.5. The Morgan fingerprint density at radius 1 is 1.18 bits per heavy atom. The van der Waals surface area contributed by atoms with Gasteiger partial charge in [-0.15, -0.1) is 16.9 Å². The molecular formula is C23H32N2O8S. The molecule has 0 radical (unpaired) electrons. The smallest absolute Gasteiger partial charge is 0.443 e. The summed E-state index contributed by atoms with van der Waals surface area (Å²) in [5.74, 6) is 0.250. The van der Waals surface area contributed by atoms with Crippen molar-refractivity contribution in [3.05, 3.63) is 41.1 Å². The fourth-order valence-electron chi connectivity index (χ4n) is 3.75. The van der Waals surface area contributed by atoms with Gasteiger partial charge in [0.05, 0.1) is 7.11 Å². The van der Waals surface area contributed by atoms with E-state index in [9.17, 15) is 20.1 Å². The summed E-state index contributed by atoms with van der Waals surface area (Å²) in [7, 11) is 1.15. The fourth-order valence-corrected chi connectivity index (χ4v) is 4.15. The third-order valence-corrected chi connectivity index (χ3v) is 6.44. The molecule has 188 valence electrons. The van der Waals surface area contributed by atoms with Crippen LogP contribution < -0.4 is 4.74 Å². The van der Waals surface area contributed by atoms with Crippen molar-refractivity contribution in [2.75, 3.05) is 20.0 Å². The zero-order chi connectivity index (χ0) is 25.0. The molecule has 1 aromatic carbocycles. The highest BCUT2D eigenvalue weighted by Crippen LogP contribution is 2.31. The van der Waals surface area contributed by atoms with Crippen LogP contribution in [0.25, 0.3) is 0 Å². The molecule has 1 saturated heterocycles. The number of nitrogens with zero attached hydrogens (tertiary/aromatic N) is 2. The first kappa shape index (κ1) is 26.3. The molecule has 2 aromatic rings. The van der Waals surface area contributed by atoms with Crippen LogP contribution in [0.2, 0.25) is 0 Å². The van der Waals surface area contributed by atoms with Gasteiger partial charge in [-0.3, -0.25) is 4.68 Å². The zero-order valence-corrected chi connectivity index (χ0v) is 20.7. The molecule has 2 heterocycles. The number of carbonyl (C=O) groups is 1. The van der Waals surface area contributed by atoms with Crippen molar-refractivity contribution in [2.45, 2.75) is 68.8 Å². The normalized spacial score (nSPS) is 24.8. The van der Waals surface area contributed by atoms with Crippen molar-refractivity contribution in [3.63, 3.8) is 0 Å². The highest BCUT2D eigenvalue weighted by atomic mass is 32.2. The van der Waals surface area contributed by atoms with Gasteiger partial charge >= 0.3 is 6.16 Å². The molecule has 1 aliphatic rings. The van der Waals surface area contributed by atoms with Crippen LogP contribution in [-0.4, -0.2) is 81.9 Å². The van der Waals surface area contributed by atoms with Crippen molar-refractivity contribution in [1.82, 2.24) is 9.78 Å². The maximum absolute atomic E-state index is 11.3. The molecule has 0 aliphatic carbocycles. The van der Waals surface area contributed by atoms with Gasteiger partial charge in [0.1, 0.15) is 31.0 Å². The second-order valence-electron chi connectivity index (χ2n) is 8.33. The van der Waals surface area contributed by atoms with Crippen LogP contribution >= 0.6 is 11.8 Å². The Morgan fingerprint density at radius 3 is 2.44 bits per heavy atom. The minimum Gasteiger partial charge on any atom is -0.443 e. The Hall–Kier alpha value is -2.31. The number of benzene rings is 1. The van der Waals surface area contributed by atoms with Gasteiger partial charge in [-0.2, -0.15) is 0 Å². The van der Waals surface area contributed by atoms with E-state index in [1.807, 2.05) is 56.0 Å². The quantitative estimate of drug-likeness (QED) is 0.368. The fraction of sp³-hybridized carbons (Fsp3) is 0.565. The largest absolute Gasteiger partial charge is 0.508 e. The van der Waals surface area contributed by atoms with Gasteiger partial charge < -0.3 is 34.3 Å². The van der Waals surface area contributed by atoms with Crippen LogP contribution in [0.5, 0.6) is 5.88 Å². The Labute approximate surface area is 202 Å². The first-order valence-electron chi connectivity index (χ1n) is 10.9. The van der Waals surface area contributed by atoms with E-state index < -0.39 is 43.5 Å². The Kier molecular flexibility index (Phi) is 8.83. The molecule has 1 aliphatic heterocycles. The second kappa shape index (κ2) is 11.4. The van der Waals surface area contributed by atoms with Crippen molar-refractivity contribution in [2.24, 2.45) is 0 Å². The van der Waals surface area contributed by atoms with E-state index in [0.29, 0.717) is 6.42 Å². The highest BCUT2D eigenvalue weighted by Gasteiger charge is 2.46. The Morgan fingerprint density at radius 2 is 1.85 bits per heavy atom. The lowest BCUT2D eigenvalue weighted by molar-refractivity contribution is -0.278. The summed E-state index contributed by atoms with van der Waals surface area (Å²) in [6.07, 6.45) is -5.54. The summed E-state index contributed by atoms with van der Waals surface area (Å²) in [5.41, 5.74) is 2.76. The SMILES string of the molecule is COC(=O)OC[C@H]1O[C@@H](Oc2nn(C(C)C)c(C)c2Cc2ccc(SC)cc2)[C@H](O)[C@@H](O)[C@@H]1O. The van der Waals surface area contributed by atoms with Gasteiger partial charge in [0.2, 0.25) is 12.2 Å². The van der Waals surface area contributed by atoms with Gasteiger partial charge in [-0.05, 0) is 44.7 Å². The van der Waals surface area contributed by atoms with Gasteiger partial charge in [-0.25, -0.2) is 4.79 Å². The van der Waals surface area contributed by atoms with E-state index in [0.717, 1.165) is 28.8 Å². The van der Waals surface area contributed by atoms with E-state index in [1.165, 1.54) is 0 Å². The monoisotopic (exact) mass is 496 g/mol. The zero-order valence-electron chi connectivity index (χ0n) is 19.9. The van der Waals surface area contributed by atoms with Crippen LogP contribution in [0.3, 0.4) is 0 Å². The van der Waals surface area contributed by atoms with E-state index in [1.54, 1.807) is 11.8 Å². The molecule has 34 heavy (non-hydrogen) atoms. The van der Waals surface area contributed by atoms with Crippen LogP contribution in [0, 0.1) is 6.92 Å². The minimum atomic E-state index is -1.58. The maximum atomic E-state index is 11.3. The number of rotatable bonds is 8. The Balaban J connectivity index is 1.85. The number of methoxy groups -OCH3 is 1. The van der Waals surface area contributed by atoms with Crippen molar-refractivity contribution < 1.29 is 39.1 Å². The van der Waals surface area contributed by atoms with Gasteiger partial charge in [0.15, 0.2) is 0 Å². The van der Waals surface area contributed by atoms with Crippen LogP contribution in [0.4, 0.5) is 4.79 Å². The van der Waals surface area contributed by atoms with E-state index in [-0.39, 0.29) is 11.9 Å². The topological polar surface area (TPSA) is 132 Å². The van der Waals surface area contributed by atoms with Crippen LogP contribution in [0.1, 0.15) is 36.7 Å². The first-order valence-corrected chi connectivity index (χ1v) is 12.2. The lowest BCUT2D eigenvalue weighted by Gasteiger charge is -2.39. The Bertz CT molecular complexity index is 965. The lowest BCUT2D eigenvalue weighted by atomic mass is 9.99. The molecular weight excluding hydrogens is 464 g/mol. The lowest BCUT2D eigenvalue weighted by Crippen LogP contribution is -2.60. The summed E-state index contributed by atoms with van der Waals surface area (Å²) >= 11 is 1.66. The summed E-state index contributed by atoms with van der Waals surface area (Å²) in [6, 6.07) is 8.21. The van der Waals surface area contributed by atoms with Crippen LogP contribution in [-0.2, 0) is 20.6 Å². The van der Waals surface area contributed by atoms with Crippen molar-refractivity contribution >= 4 is 17.9 Å².